The summed E-state index contributed by atoms with van der Waals surface area (Å²) in [6.07, 6.45) is 2.03. The van der Waals surface area contributed by atoms with Crippen molar-refractivity contribution in [3.8, 4) is 0 Å². The van der Waals surface area contributed by atoms with Gasteiger partial charge in [-0.1, -0.05) is 34.1 Å². The van der Waals surface area contributed by atoms with E-state index in [-0.39, 0.29) is 12.3 Å². The van der Waals surface area contributed by atoms with Crippen molar-refractivity contribution in [1.29, 1.82) is 0 Å². The van der Waals surface area contributed by atoms with Crippen molar-refractivity contribution < 1.29 is 13.2 Å². The summed E-state index contributed by atoms with van der Waals surface area (Å²) < 4.78 is 28.0. The standard InChI is InChI=1S/C18H21BrN2O3S2/c1-20(13-14-6-2-3-7-16(14)19)17(22)12-15-8-9-18(25-15)26(23,24)21-10-4-5-11-21/h2-3,6-9H,4-5,10-13H2,1H3. The zero-order chi connectivity index (χ0) is 18.7. The molecule has 0 radical (unpaired) electrons. The maximum absolute atomic E-state index is 12.6. The number of nitrogens with zero attached hydrogens (tertiary/aromatic N) is 2. The Labute approximate surface area is 166 Å². The normalized spacial score (nSPS) is 15.3. The number of thiophene rings is 1. The van der Waals surface area contributed by atoms with E-state index in [2.05, 4.69) is 15.9 Å². The number of likely N-dealkylation sites (N-methyl/N-ethyl adjacent to an activating group) is 1. The molecule has 140 valence electrons. The minimum atomic E-state index is -3.41. The summed E-state index contributed by atoms with van der Waals surface area (Å²) in [6, 6.07) is 11.2. The Morgan fingerprint density at radius 3 is 2.58 bits per heavy atom. The SMILES string of the molecule is CN(Cc1ccccc1Br)C(=O)Cc1ccc(S(=O)(=O)N2CCCC2)s1. The molecule has 1 aromatic carbocycles. The Hall–Kier alpha value is -1.22. The van der Waals surface area contributed by atoms with Crippen LogP contribution in [0.15, 0.2) is 45.1 Å². The third-order valence-corrected chi connectivity index (χ3v) is 8.64. The Morgan fingerprint density at radius 2 is 1.88 bits per heavy atom. The van der Waals surface area contributed by atoms with Crippen LogP contribution in [0.3, 0.4) is 0 Å². The summed E-state index contributed by atoms with van der Waals surface area (Å²) in [4.78, 5) is 14.9. The molecule has 0 N–H and O–H groups in total. The highest BCUT2D eigenvalue weighted by atomic mass is 79.9. The highest BCUT2D eigenvalue weighted by Gasteiger charge is 2.28. The molecule has 0 saturated carbocycles. The molecule has 1 saturated heterocycles. The third-order valence-electron chi connectivity index (χ3n) is 4.41. The maximum atomic E-state index is 12.6. The summed E-state index contributed by atoms with van der Waals surface area (Å²) >= 11 is 4.69. The van der Waals surface area contributed by atoms with Crippen LogP contribution in [-0.2, 0) is 27.8 Å². The van der Waals surface area contributed by atoms with Gasteiger partial charge in [0.25, 0.3) is 10.0 Å². The average molecular weight is 457 g/mol. The van der Waals surface area contributed by atoms with Crippen LogP contribution < -0.4 is 0 Å². The topological polar surface area (TPSA) is 57.7 Å². The first-order chi connectivity index (χ1) is 12.4. The van der Waals surface area contributed by atoms with Crippen LogP contribution in [0.1, 0.15) is 23.3 Å². The van der Waals surface area contributed by atoms with E-state index in [1.807, 2.05) is 24.3 Å². The molecule has 5 nitrogen and oxygen atoms in total. The van der Waals surface area contributed by atoms with Crippen LogP contribution >= 0.6 is 27.3 Å². The minimum absolute atomic E-state index is 0.0345. The van der Waals surface area contributed by atoms with E-state index in [1.54, 1.807) is 24.1 Å². The largest absolute Gasteiger partial charge is 0.341 e. The summed E-state index contributed by atoms with van der Waals surface area (Å²) in [7, 11) is -1.65. The van der Waals surface area contributed by atoms with Gasteiger partial charge in [-0.15, -0.1) is 11.3 Å². The first-order valence-electron chi connectivity index (χ1n) is 8.44. The van der Waals surface area contributed by atoms with Crippen LogP contribution in [0.25, 0.3) is 0 Å². The Kier molecular flexibility index (Phi) is 6.17. The second-order valence-corrected chi connectivity index (χ2v) is 10.5. The van der Waals surface area contributed by atoms with Gasteiger partial charge >= 0.3 is 0 Å². The fraction of sp³-hybridized carbons (Fsp3) is 0.389. The van der Waals surface area contributed by atoms with Gasteiger partial charge in [-0.05, 0) is 36.6 Å². The molecule has 1 aliphatic rings. The number of hydrogen-bond donors (Lipinski definition) is 0. The van der Waals surface area contributed by atoms with E-state index in [4.69, 9.17) is 0 Å². The predicted octanol–water partition coefficient (Wildman–Crippen LogP) is 3.50. The molecular weight excluding hydrogens is 436 g/mol. The van der Waals surface area contributed by atoms with Crippen LogP contribution in [0, 0.1) is 0 Å². The number of rotatable bonds is 6. The molecule has 0 unspecified atom stereocenters. The molecule has 0 spiro atoms. The summed E-state index contributed by atoms with van der Waals surface area (Å²) in [5, 5.41) is 0. The van der Waals surface area contributed by atoms with Gasteiger partial charge in [0.2, 0.25) is 5.91 Å². The van der Waals surface area contributed by atoms with E-state index in [0.717, 1.165) is 27.8 Å². The number of amides is 1. The number of halogens is 1. The van der Waals surface area contributed by atoms with Crippen LogP contribution in [-0.4, -0.2) is 43.7 Å². The highest BCUT2D eigenvalue weighted by molar-refractivity contribution is 9.10. The predicted molar refractivity (Wildman–Crippen MR) is 107 cm³/mol. The van der Waals surface area contributed by atoms with Gasteiger partial charge in [0.05, 0.1) is 6.42 Å². The lowest BCUT2D eigenvalue weighted by Gasteiger charge is -2.17. The summed E-state index contributed by atoms with van der Waals surface area (Å²) in [6.45, 7) is 1.68. The van der Waals surface area contributed by atoms with Crippen molar-refractivity contribution in [3.63, 3.8) is 0 Å². The molecule has 2 heterocycles. The Bertz CT molecular complexity index is 889. The number of benzene rings is 1. The van der Waals surface area contributed by atoms with E-state index in [9.17, 15) is 13.2 Å². The van der Waals surface area contributed by atoms with Gasteiger partial charge in [0.15, 0.2) is 0 Å². The molecule has 1 amide bonds. The van der Waals surface area contributed by atoms with E-state index in [0.29, 0.717) is 23.8 Å². The Balaban J connectivity index is 1.65. The average Bonchev–Trinajstić information content (AvgIpc) is 3.29. The summed E-state index contributed by atoms with van der Waals surface area (Å²) in [5.74, 6) is -0.0345. The molecule has 26 heavy (non-hydrogen) atoms. The minimum Gasteiger partial charge on any atom is -0.341 e. The van der Waals surface area contributed by atoms with E-state index < -0.39 is 10.0 Å². The van der Waals surface area contributed by atoms with Gasteiger partial charge < -0.3 is 4.90 Å². The fourth-order valence-electron chi connectivity index (χ4n) is 2.90. The first-order valence-corrected chi connectivity index (χ1v) is 11.5. The van der Waals surface area contributed by atoms with Crippen molar-refractivity contribution >= 4 is 43.2 Å². The van der Waals surface area contributed by atoms with Gasteiger partial charge in [-0.2, -0.15) is 4.31 Å². The van der Waals surface area contributed by atoms with Crippen molar-refractivity contribution in [3.05, 3.63) is 51.3 Å². The van der Waals surface area contributed by atoms with Crippen LogP contribution in [0.2, 0.25) is 0 Å². The molecule has 0 bridgehead atoms. The van der Waals surface area contributed by atoms with Crippen LogP contribution in [0.4, 0.5) is 0 Å². The van der Waals surface area contributed by atoms with E-state index >= 15 is 0 Å². The van der Waals surface area contributed by atoms with Crippen molar-refractivity contribution in [1.82, 2.24) is 9.21 Å². The lowest BCUT2D eigenvalue weighted by molar-refractivity contribution is -0.129. The van der Waals surface area contributed by atoms with Gasteiger partial charge in [-0.3, -0.25) is 4.79 Å². The molecule has 3 rings (SSSR count). The van der Waals surface area contributed by atoms with Gasteiger partial charge in [-0.25, -0.2) is 8.42 Å². The Morgan fingerprint density at radius 1 is 1.19 bits per heavy atom. The quantitative estimate of drug-likeness (QED) is 0.668. The molecular formula is C18H21BrN2O3S2. The lowest BCUT2D eigenvalue weighted by atomic mass is 10.2. The summed E-state index contributed by atoms with van der Waals surface area (Å²) in [5.41, 5.74) is 1.03. The van der Waals surface area contributed by atoms with E-state index in [1.165, 1.54) is 15.6 Å². The number of sulfonamides is 1. The molecule has 2 aromatic rings. The molecule has 8 heteroatoms. The van der Waals surface area contributed by atoms with Gasteiger partial charge in [0.1, 0.15) is 4.21 Å². The van der Waals surface area contributed by atoms with Crippen molar-refractivity contribution in [2.45, 2.75) is 30.0 Å². The molecule has 0 atom stereocenters. The molecule has 1 aliphatic heterocycles. The van der Waals surface area contributed by atoms with Crippen molar-refractivity contribution in [2.24, 2.45) is 0 Å². The number of carbonyl (C=O) groups is 1. The fourth-order valence-corrected chi connectivity index (χ4v) is 6.33. The smallest absolute Gasteiger partial charge is 0.252 e. The molecule has 1 fully saturated rings. The number of hydrogen-bond acceptors (Lipinski definition) is 4. The second kappa shape index (κ2) is 8.21. The zero-order valence-corrected chi connectivity index (χ0v) is 17.7. The first kappa shape index (κ1) is 19.5. The molecule has 1 aromatic heterocycles. The maximum Gasteiger partial charge on any atom is 0.252 e. The van der Waals surface area contributed by atoms with Crippen molar-refractivity contribution in [2.75, 3.05) is 20.1 Å². The van der Waals surface area contributed by atoms with Crippen LogP contribution in [0.5, 0.6) is 0 Å². The second-order valence-electron chi connectivity index (χ2n) is 6.35. The zero-order valence-electron chi connectivity index (χ0n) is 14.5. The third kappa shape index (κ3) is 4.36. The monoisotopic (exact) mass is 456 g/mol. The lowest BCUT2D eigenvalue weighted by Crippen LogP contribution is -2.27. The highest BCUT2D eigenvalue weighted by Crippen LogP contribution is 2.28. The molecule has 0 aliphatic carbocycles. The van der Waals surface area contributed by atoms with Gasteiger partial charge in [0, 0.05) is 36.0 Å². The number of carbonyl (C=O) groups excluding carboxylic acids is 1.